The van der Waals surface area contributed by atoms with Gasteiger partial charge in [0.05, 0.1) is 0 Å². The third-order valence-corrected chi connectivity index (χ3v) is 2.65. The number of nitrogens with zero attached hydrogens (tertiary/aromatic N) is 1. The minimum absolute atomic E-state index is 0. The van der Waals surface area contributed by atoms with Gasteiger partial charge in [0.1, 0.15) is 6.04 Å². The van der Waals surface area contributed by atoms with Crippen molar-refractivity contribution < 1.29 is 4.79 Å². The summed E-state index contributed by atoms with van der Waals surface area (Å²) in [5.74, 6) is -0.0142. The van der Waals surface area contributed by atoms with Gasteiger partial charge in [-0.15, -0.1) is 12.4 Å². The van der Waals surface area contributed by atoms with Crippen molar-refractivity contribution in [3.63, 3.8) is 0 Å². The summed E-state index contributed by atoms with van der Waals surface area (Å²) in [6.45, 7) is 2.88. The molecule has 0 saturated carbocycles. The molecule has 0 radical (unpaired) electrons. The first kappa shape index (κ1) is 15.9. The molecule has 1 aromatic rings. The van der Waals surface area contributed by atoms with Gasteiger partial charge in [0.15, 0.2) is 0 Å². The Bertz CT molecular complexity index is 329. The summed E-state index contributed by atoms with van der Waals surface area (Å²) >= 11 is 0. The highest BCUT2D eigenvalue weighted by atomic mass is 35.5. The van der Waals surface area contributed by atoms with Crippen LogP contribution in [0.1, 0.15) is 31.4 Å². The quantitative estimate of drug-likeness (QED) is 0.879. The normalized spacial score (nSPS) is 11.5. The molecule has 0 aliphatic heterocycles. The topological polar surface area (TPSA) is 46.3 Å². The summed E-state index contributed by atoms with van der Waals surface area (Å²) < 4.78 is 0. The SMILES string of the molecule is CCCCN(C)C(=O)C(N)c1ccccc1.Cl. The summed E-state index contributed by atoms with van der Waals surface area (Å²) in [6.07, 6.45) is 2.10. The Balaban J connectivity index is 0.00000256. The van der Waals surface area contributed by atoms with E-state index < -0.39 is 6.04 Å². The van der Waals surface area contributed by atoms with Crippen molar-refractivity contribution in [2.75, 3.05) is 13.6 Å². The summed E-state index contributed by atoms with van der Waals surface area (Å²) in [4.78, 5) is 13.7. The van der Waals surface area contributed by atoms with Crippen molar-refractivity contribution >= 4 is 18.3 Å². The fraction of sp³-hybridized carbons (Fsp3) is 0.462. The van der Waals surface area contributed by atoms with Gasteiger partial charge < -0.3 is 10.6 Å². The second-order valence-electron chi connectivity index (χ2n) is 4.00. The van der Waals surface area contributed by atoms with Crippen molar-refractivity contribution in [2.24, 2.45) is 5.73 Å². The fourth-order valence-electron chi connectivity index (χ4n) is 1.55. The smallest absolute Gasteiger partial charge is 0.243 e. The van der Waals surface area contributed by atoms with Gasteiger partial charge in [-0.3, -0.25) is 4.79 Å². The summed E-state index contributed by atoms with van der Waals surface area (Å²) in [5.41, 5.74) is 6.79. The molecule has 1 unspecified atom stereocenters. The molecule has 0 saturated heterocycles. The molecule has 0 bridgehead atoms. The molecule has 2 N–H and O–H groups in total. The summed E-state index contributed by atoms with van der Waals surface area (Å²) in [6, 6.07) is 8.94. The molecular formula is C13H21ClN2O. The average molecular weight is 257 g/mol. The van der Waals surface area contributed by atoms with Crippen LogP contribution in [0.5, 0.6) is 0 Å². The lowest BCUT2D eigenvalue weighted by molar-refractivity contribution is -0.131. The van der Waals surface area contributed by atoms with E-state index in [2.05, 4.69) is 6.92 Å². The summed E-state index contributed by atoms with van der Waals surface area (Å²) in [7, 11) is 1.81. The Labute approximate surface area is 109 Å². The standard InChI is InChI=1S/C13H20N2O.ClH/c1-3-4-10-15(2)13(16)12(14)11-8-6-5-7-9-11;/h5-9,12H,3-4,10,14H2,1-2H3;1H. The van der Waals surface area contributed by atoms with Crippen molar-refractivity contribution in [1.29, 1.82) is 0 Å². The average Bonchev–Trinajstić information content (AvgIpc) is 2.35. The van der Waals surface area contributed by atoms with Crippen LogP contribution in [0.15, 0.2) is 30.3 Å². The first-order valence-electron chi connectivity index (χ1n) is 5.72. The first-order valence-corrected chi connectivity index (χ1v) is 5.72. The second-order valence-corrected chi connectivity index (χ2v) is 4.00. The Morgan fingerprint density at radius 1 is 1.35 bits per heavy atom. The van der Waals surface area contributed by atoms with Crippen LogP contribution in [-0.2, 0) is 4.79 Å². The van der Waals surface area contributed by atoms with Crippen LogP contribution in [0.4, 0.5) is 0 Å². The number of benzene rings is 1. The molecule has 0 aliphatic rings. The lowest BCUT2D eigenvalue weighted by atomic mass is 10.1. The second kappa shape index (κ2) is 8.09. The number of nitrogens with two attached hydrogens (primary N) is 1. The number of halogens is 1. The van der Waals surface area contributed by atoms with E-state index in [9.17, 15) is 4.79 Å². The highest BCUT2D eigenvalue weighted by Crippen LogP contribution is 2.12. The largest absolute Gasteiger partial charge is 0.344 e. The molecule has 96 valence electrons. The molecule has 1 amide bonds. The summed E-state index contributed by atoms with van der Waals surface area (Å²) in [5, 5.41) is 0. The molecular weight excluding hydrogens is 236 g/mol. The van der Waals surface area contributed by atoms with Gasteiger partial charge in [0.2, 0.25) is 5.91 Å². The number of hydrogen-bond acceptors (Lipinski definition) is 2. The zero-order valence-corrected chi connectivity index (χ0v) is 11.2. The Morgan fingerprint density at radius 3 is 2.47 bits per heavy atom. The van der Waals surface area contributed by atoms with E-state index in [-0.39, 0.29) is 18.3 Å². The van der Waals surface area contributed by atoms with Crippen molar-refractivity contribution in [3.8, 4) is 0 Å². The minimum atomic E-state index is -0.539. The van der Waals surface area contributed by atoms with Gasteiger partial charge in [-0.2, -0.15) is 0 Å². The number of carbonyl (C=O) groups is 1. The van der Waals surface area contributed by atoms with Crippen LogP contribution in [0.3, 0.4) is 0 Å². The molecule has 1 aromatic carbocycles. The molecule has 1 rings (SSSR count). The van der Waals surface area contributed by atoms with Crippen LogP contribution in [0.25, 0.3) is 0 Å². The molecule has 0 aromatic heterocycles. The maximum absolute atomic E-state index is 12.0. The number of amides is 1. The van der Waals surface area contributed by atoms with Crippen LogP contribution in [0.2, 0.25) is 0 Å². The molecule has 17 heavy (non-hydrogen) atoms. The maximum Gasteiger partial charge on any atom is 0.243 e. The van der Waals surface area contributed by atoms with Gasteiger partial charge >= 0.3 is 0 Å². The number of carbonyl (C=O) groups excluding carboxylic acids is 1. The van der Waals surface area contributed by atoms with E-state index in [1.54, 1.807) is 11.9 Å². The Hall–Kier alpha value is -1.06. The highest BCUT2D eigenvalue weighted by molar-refractivity contribution is 5.85. The molecule has 4 heteroatoms. The first-order chi connectivity index (χ1) is 7.66. The third kappa shape index (κ3) is 4.75. The highest BCUT2D eigenvalue weighted by Gasteiger charge is 2.18. The number of rotatable bonds is 5. The lowest BCUT2D eigenvalue weighted by Gasteiger charge is -2.21. The Morgan fingerprint density at radius 2 is 1.94 bits per heavy atom. The fourth-order valence-corrected chi connectivity index (χ4v) is 1.55. The van der Waals surface area contributed by atoms with E-state index in [1.807, 2.05) is 30.3 Å². The monoisotopic (exact) mass is 256 g/mol. The third-order valence-electron chi connectivity index (χ3n) is 2.65. The number of unbranched alkanes of at least 4 members (excludes halogenated alkanes) is 1. The van der Waals surface area contributed by atoms with Gasteiger partial charge in [-0.25, -0.2) is 0 Å². The van der Waals surface area contributed by atoms with Gasteiger partial charge in [-0.05, 0) is 12.0 Å². The maximum atomic E-state index is 12.0. The minimum Gasteiger partial charge on any atom is -0.344 e. The van der Waals surface area contributed by atoms with Crippen molar-refractivity contribution in [3.05, 3.63) is 35.9 Å². The van der Waals surface area contributed by atoms with Crippen LogP contribution in [0, 0.1) is 0 Å². The predicted octanol–water partition coefficient (Wildman–Crippen LogP) is 2.37. The van der Waals surface area contributed by atoms with Crippen LogP contribution in [-0.4, -0.2) is 24.4 Å². The van der Waals surface area contributed by atoms with Crippen LogP contribution >= 0.6 is 12.4 Å². The molecule has 1 atom stereocenters. The van der Waals surface area contributed by atoms with E-state index >= 15 is 0 Å². The van der Waals surface area contributed by atoms with Crippen molar-refractivity contribution in [2.45, 2.75) is 25.8 Å². The zero-order chi connectivity index (χ0) is 12.0. The lowest BCUT2D eigenvalue weighted by Crippen LogP contribution is -2.36. The van der Waals surface area contributed by atoms with Crippen molar-refractivity contribution in [1.82, 2.24) is 4.90 Å². The van der Waals surface area contributed by atoms with E-state index in [0.29, 0.717) is 0 Å². The van der Waals surface area contributed by atoms with Gasteiger partial charge in [0, 0.05) is 13.6 Å². The van der Waals surface area contributed by atoms with E-state index in [4.69, 9.17) is 5.73 Å². The molecule has 0 fully saturated rings. The molecule has 0 spiro atoms. The van der Waals surface area contributed by atoms with E-state index in [1.165, 1.54) is 0 Å². The zero-order valence-electron chi connectivity index (χ0n) is 10.4. The molecule has 0 heterocycles. The molecule has 3 nitrogen and oxygen atoms in total. The van der Waals surface area contributed by atoms with Gasteiger partial charge in [-0.1, -0.05) is 43.7 Å². The number of hydrogen-bond donors (Lipinski definition) is 1. The van der Waals surface area contributed by atoms with Crippen LogP contribution < -0.4 is 5.73 Å². The Kier molecular flexibility index (Phi) is 7.59. The van der Waals surface area contributed by atoms with E-state index in [0.717, 1.165) is 24.9 Å². The molecule has 0 aliphatic carbocycles. The number of likely N-dealkylation sites (N-methyl/N-ethyl adjacent to an activating group) is 1. The van der Waals surface area contributed by atoms with Gasteiger partial charge in [0.25, 0.3) is 0 Å². The predicted molar refractivity (Wildman–Crippen MR) is 73.2 cm³/mol.